The van der Waals surface area contributed by atoms with Crippen LogP contribution in [0.1, 0.15) is 6.92 Å². The van der Waals surface area contributed by atoms with Gasteiger partial charge in [0.05, 0.1) is 6.57 Å². The van der Waals surface area contributed by atoms with Crippen LogP contribution in [0.25, 0.3) is 15.7 Å². The number of benzene rings is 1. The number of nitrogens with zero attached hydrogens (tertiary/aromatic N) is 1. The predicted molar refractivity (Wildman–Crippen MR) is 58.9 cm³/mol. The molecule has 0 fully saturated rings. The normalized spacial score (nSPS) is 9.87. The second-order valence-electron chi connectivity index (χ2n) is 3.23. The van der Waals surface area contributed by atoms with Gasteiger partial charge in [-0.2, -0.15) is 0 Å². The van der Waals surface area contributed by atoms with E-state index in [4.69, 9.17) is 6.57 Å². The van der Waals surface area contributed by atoms with Crippen LogP contribution in [0.3, 0.4) is 0 Å². The lowest BCUT2D eigenvalue weighted by Gasteiger charge is -2.04. The number of aromatic nitrogens is 1. The fourth-order valence-electron chi connectivity index (χ4n) is 1.51. The lowest BCUT2D eigenvalue weighted by molar-refractivity contribution is -0.114. The number of amides is 1. The largest absolute Gasteiger partial charge is 0.362 e. The summed E-state index contributed by atoms with van der Waals surface area (Å²) in [5.41, 5.74) is 2.04. The summed E-state index contributed by atoms with van der Waals surface area (Å²) in [7, 11) is 0. The topological polar surface area (TPSA) is 49.2 Å². The Morgan fingerprint density at radius 1 is 1.53 bits per heavy atom. The van der Waals surface area contributed by atoms with Crippen molar-refractivity contribution in [2.45, 2.75) is 6.92 Å². The maximum Gasteiger partial charge on any atom is 0.221 e. The highest BCUT2D eigenvalue weighted by atomic mass is 16.1. The van der Waals surface area contributed by atoms with Crippen LogP contribution in [0.5, 0.6) is 0 Å². The van der Waals surface area contributed by atoms with Gasteiger partial charge in [-0.1, -0.05) is 0 Å². The number of rotatable bonds is 1. The molecule has 1 heterocycles. The summed E-state index contributed by atoms with van der Waals surface area (Å²) < 4.78 is 0. The molecular formula is C11H9N3O. The first kappa shape index (κ1) is 9.28. The van der Waals surface area contributed by atoms with Gasteiger partial charge >= 0.3 is 0 Å². The Morgan fingerprint density at radius 2 is 2.33 bits per heavy atom. The van der Waals surface area contributed by atoms with Crippen molar-refractivity contribution in [3.8, 4) is 0 Å². The Hall–Kier alpha value is -2.28. The summed E-state index contributed by atoms with van der Waals surface area (Å²) in [6.07, 6.45) is 1.78. The van der Waals surface area contributed by atoms with Crippen LogP contribution < -0.4 is 5.32 Å². The first-order valence-corrected chi connectivity index (χ1v) is 4.47. The highest BCUT2D eigenvalue weighted by Gasteiger charge is 2.05. The number of fused-ring (bicyclic) bond motifs is 1. The third-order valence-electron chi connectivity index (χ3n) is 2.09. The highest BCUT2D eigenvalue weighted by Crippen LogP contribution is 2.28. The van der Waals surface area contributed by atoms with Crippen molar-refractivity contribution in [1.82, 2.24) is 4.98 Å². The van der Waals surface area contributed by atoms with Gasteiger partial charge in [-0.3, -0.25) is 4.79 Å². The van der Waals surface area contributed by atoms with Crippen molar-refractivity contribution < 1.29 is 4.79 Å². The molecule has 15 heavy (non-hydrogen) atoms. The molecule has 2 N–H and O–H groups in total. The Balaban J connectivity index is 2.64. The average molecular weight is 199 g/mol. The lowest BCUT2D eigenvalue weighted by Crippen LogP contribution is -2.05. The maximum absolute atomic E-state index is 11.0. The highest BCUT2D eigenvalue weighted by molar-refractivity contribution is 6.02. The van der Waals surface area contributed by atoms with Crippen molar-refractivity contribution in [2.24, 2.45) is 0 Å². The molecule has 1 aromatic carbocycles. The van der Waals surface area contributed by atoms with Crippen LogP contribution in [-0.4, -0.2) is 10.9 Å². The molecule has 1 amide bonds. The minimum absolute atomic E-state index is 0.139. The number of carbonyl (C=O) groups excluding carboxylic acids is 1. The van der Waals surface area contributed by atoms with Crippen LogP contribution in [0.2, 0.25) is 0 Å². The lowest BCUT2D eigenvalue weighted by atomic mass is 10.2. The van der Waals surface area contributed by atoms with Gasteiger partial charge in [-0.25, -0.2) is 4.85 Å². The van der Waals surface area contributed by atoms with Gasteiger partial charge in [-0.05, 0) is 18.2 Å². The molecule has 0 atom stereocenters. The van der Waals surface area contributed by atoms with Crippen LogP contribution in [0.4, 0.5) is 11.4 Å². The maximum atomic E-state index is 11.0. The van der Waals surface area contributed by atoms with Gasteiger partial charge in [0.15, 0.2) is 5.69 Å². The zero-order chi connectivity index (χ0) is 10.8. The second-order valence-corrected chi connectivity index (χ2v) is 3.23. The fraction of sp³-hybridized carbons (Fsp3) is 0.0909. The molecule has 1 aromatic heterocycles. The van der Waals surface area contributed by atoms with Crippen molar-refractivity contribution >= 4 is 28.2 Å². The van der Waals surface area contributed by atoms with Crippen molar-refractivity contribution in [3.63, 3.8) is 0 Å². The Bertz CT molecular complexity index is 563. The second kappa shape index (κ2) is 3.46. The molecular weight excluding hydrogens is 190 g/mol. The first-order chi connectivity index (χ1) is 7.20. The van der Waals surface area contributed by atoms with Crippen LogP contribution in [0.15, 0.2) is 24.4 Å². The van der Waals surface area contributed by atoms with E-state index in [-0.39, 0.29) is 5.91 Å². The summed E-state index contributed by atoms with van der Waals surface area (Å²) in [5.74, 6) is -0.139. The minimum Gasteiger partial charge on any atom is -0.362 e. The predicted octanol–water partition coefficient (Wildman–Crippen LogP) is 2.68. The number of H-pyrrole nitrogens is 1. The molecule has 74 valence electrons. The third kappa shape index (κ3) is 1.67. The van der Waals surface area contributed by atoms with E-state index < -0.39 is 0 Å². The quantitative estimate of drug-likeness (QED) is 0.681. The third-order valence-corrected chi connectivity index (χ3v) is 2.09. The van der Waals surface area contributed by atoms with Gasteiger partial charge in [0.1, 0.15) is 0 Å². The zero-order valence-electron chi connectivity index (χ0n) is 8.16. The van der Waals surface area contributed by atoms with E-state index in [0.717, 1.165) is 10.9 Å². The van der Waals surface area contributed by atoms with E-state index >= 15 is 0 Å². The van der Waals surface area contributed by atoms with Gasteiger partial charge in [0, 0.05) is 29.7 Å². The first-order valence-electron chi connectivity index (χ1n) is 4.47. The molecule has 0 saturated heterocycles. The standard InChI is InChI=1S/C11H9N3O/c1-7(15)14-11-6-8(12-2)5-10-9(11)3-4-13-10/h3-6,13H,1H3,(H,14,15). The Morgan fingerprint density at radius 3 is 3.00 bits per heavy atom. The average Bonchev–Trinajstić information content (AvgIpc) is 2.64. The van der Waals surface area contributed by atoms with Crippen LogP contribution in [0, 0.1) is 6.57 Å². The van der Waals surface area contributed by atoms with E-state index in [1.165, 1.54) is 6.92 Å². The number of anilines is 1. The smallest absolute Gasteiger partial charge is 0.221 e. The van der Waals surface area contributed by atoms with Gasteiger partial charge in [0.25, 0.3) is 0 Å². The number of nitrogens with one attached hydrogen (secondary N) is 2. The molecule has 0 aliphatic rings. The molecule has 2 rings (SSSR count). The number of aromatic amines is 1. The molecule has 2 aromatic rings. The molecule has 0 unspecified atom stereocenters. The molecule has 4 heteroatoms. The minimum atomic E-state index is -0.139. The molecule has 0 radical (unpaired) electrons. The van der Waals surface area contributed by atoms with E-state index in [1.54, 1.807) is 18.3 Å². The van der Waals surface area contributed by atoms with Crippen molar-refractivity contribution in [3.05, 3.63) is 35.8 Å². The number of hydrogen-bond acceptors (Lipinski definition) is 1. The van der Waals surface area contributed by atoms with Crippen LogP contribution >= 0.6 is 0 Å². The summed E-state index contributed by atoms with van der Waals surface area (Å²) >= 11 is 0. The van der Waals surface area contributed by atoms with Gasteiger partial charge in [-0.15, -0.1) is 0 Å². The monoisotopic (exact) mass is 199 g/mol. The van der Waals surface area contributed by atoms with E-state index in [1.807, 2.05) is 6.07 Å². The summed E-state index contributed by atoms with van der Waals surface area (Å²) in [5, 5.41) is 3.62. The summed E-state index contributed by atoms with van der Waals surface area (Å²) in [6, 6.07) is 5.30. The molecule has 0 spiro atoms. The van der Waals surface area contributed by atoms with Gasteiger partial charge < -0.3 is 10.3 Å². The molecule has 0 aliphatic carbocycles. The molecule has 0 saturated carbocycles. The number of carbonyl (C=O) groups is 1. The molecule has 0 aliphatic heterocycles. The van der Waals surface area contributed by atoms with E-state index in [0.29, 0.717) is 11.4 Å². The van der Waals surface area contributed by atoms with Crippen molar-refractivity contribution in [1.29, 1.82) is 0 Å². The van der Waals surface area contributed by atoms with Crippen LogP contribution in [-0.2, 0) is 4.79 Å². The van der Waals surface area contributed by atoms with E-state index in [2.05, 4.69) is 15.1 Å². The molecule has 4 nitrogen and oxygen atoms in total. The van der Waals surface area contributed by atoms with E-state index in [9.17, 15) is 4.79 Å². The summed E-state index contributed by atoms with van der Waals surface area (Å²) in [4.78, 5) is 17.3. The Labute approximate surface area is 86.7 Å². The fourth-order valence-corrected chi connectivity index (χ4v) is 1.51. The number of hydrogen-bond donors (Lipinski definition) is 2. The summed E-state index contributed by atoms with van der Waals surface area (Å²) in [6.45, 7) is 8.40. The molecule has 0 bridgehead atoms. The Kier molecular flexibility index (Phi) is 2.14. The van der Waals surface area contributed by atoms with Gasteiger partial charge in [0.2, 0.25) is 5.91 Å². The SMILES string of the molecule is [C-]#[N+]c1cc(NC(C)=O)c2cc[nH]c2c1. The zero-order valence-corrected chi connectivity index (χ0v) is 8.16. The van der Waals surface area contributed by atoms with Crippen molar-refractivity contribution in [2.75, 3.05) is 5.32 Å².